The van der Waals surface area contributed by atoms with E-state index in [0.29, 0.717) is 22.8 Å². The number of methoxy groups -OCH3 is 1. The summed E-state index contributed by atoms with van der Waals surface area (Å²) < 4.78 is 20.0. The van der Waals surface area contributed by atoms with Crippen LogP contribution in [0.2, 0.25) is 5.02 Å². The maximum Gasteiger partial charge on any atom is 0.126 e. The highest BCUT2D eigenvalue weighted by Gasteiger charge is 2.17. The van der Waals surface area contributed by atoms with E-state index in [0.717, 1.165) is 10.0 Å². The van der Waals surface area contributed by atoms with Gasteiger partial charge in [-0.25, -0.2) is 4.39 Å². The molecule has 0 aromatic heterocycles. The van der Waals surface area contributed by atoms with Crippen molar-refractivity contribution in [2.24, 2.45) is 5.84 Å². The van der Waals surface area contributed by atoms with Crippen LogP contribution in [-0.4, -0.2) is 7.11 Å². The number of ether oxygens (including phenoxy) is 1. The molecule has 6 heteroatoms. The van der Waals surface area contributed by atoms with E-state index in [4.69, 9.17) is 22.2 Å². The molecule has 0 saturated heterocycles. The van der Waals surface area contributed by atoms with Crippen LogP contribution in [-0.2, 0) is 6.42 Å². The monoisotopic (exact) mass is 372 g/mol. The average Bonchev–Trinajstić information content (AvgIpc) is 2.48. The third-order valence-corrected chi connectivity index (χ3v) is 3.93. The van der Waals surface area contributed by atoms with Gasteiger partial charge in [0.15, 0.2) is 0 Å². The minimum atomic E-state index is -0.291. The Morgan fingerprint density at radius 2 is 2.10 bits per heavy atom. The van der Waals surface area contributed by atoms with E-state index in [1.807, 2.05) is 6.07 Å². The standard InChI is InChI=1S/C15H15BrClFN2O/c1-21-15-8-11(17)3-4-12(15)14(20-19)7-9-6-10(16)2-5-13(9)18/h2-6,8,14,20H,7,19H2,1H3. The molecular weight excluding hydrogens is 359 g/mol. The lowest BCUT2D eigenvalue weighted by atomic mass is 9.98. The van der Waals surface area contributed by atoms with Gasteiger partial charge < -0.3 is 4.74 Å². The maximum atomic E-state index is 13.9. The first kappa shape index (κ1) is 16.2. The van der Waals surface area contributed by atoms with Crippen LogP contribution >= 0.6 is 27.5 Å². The molecule has 0 radical (unpaired) electrons. The highest BCUT2D eigenvalue weighted by Crippen LogP contribution is 2.31. The van der Waals surface area contributed by atoms with E-state index in [2.05, 4.69) is 21.4 Å². The van der Waals surface area contributed by atoms with Crippen LogP contribution in [0.3, 0.4) is 0 Å². The van der Waals surface area contributed by atoms with E-state index in [1.165, 1.54) is 6.07 Å². The second kappa shape index (κ2) is 7.22. The fourth-order valence-corrected chi connectivity index (χ4v) is 2.72. The van der Waals surface area contributed by atoms with Crippen molar-refractivity contribution in [3.63, 3.8) is 0 Å². The highest BCUT2D eigenvalue weighted by atomic mass is 79.9. The van der Waals surface area contributed by atoms with Gasteiger partial charge >= 0.3 is 0 Å². The second-order valence-corrected chi connectivity index (χ2v) is 5.90. The van der Waals surface area contributed by atoms with Crippen molar-refractivity contribution in [3.05, 3.63) is 62.8 Å². The van der Waals surface area contributed by atoms with E-state index in [-0.39, 0.29) is 11.9 Å². The lowest BCUT2D eigenvalue weighted by Crippen LogP contribution is -2.30. The minimum Gasteiger partial charge on any atom is -0.496 e. The Balaban J connectivity index is 2.34. The molecule has 0 saturated carbocycles. The van der Waals surface area contributed by atoms with Gasteiger partial charge in [0.25, 0.3) is 0 Å². The first-order chi connectivity index (χ1) is 10.0. The third-order valence-electron chi connectivity index (χ3n) is 3.20. The molecule has 0 amide bonds. The Kier molecular flexibility index (Phi) is 5.58. The van der Waals surface area contributed by atoms with Crippen LogP contribution in [0.15, 0.2) is 40.9 Å². The molecule has 0 aliphatic heterocycles. The topological polar surface area (TPSA) is 47.3 Å². The normalized spacial score (nSPS) is 12.2. The fraction of sp³-hybridized carbons (Fsp3) is 0.200. The molecule has 2 rings (SSSR count). The maximum absolute atomic E-state index is 13.9. The summed E-state index contributed by atoms with van der Waals surface area (Å²) in [6.45, 7) is 0. The largest absolute Gasteiger partial charge is 0.496 e. The zero-order chi connectivity index (χ0) is 15.4. The van der Waals surface area contributed by atoms with Gasteiger partial charge in [-0.15, -0.1) is 0 Å². The molecule has 0 spiro atoms. The number of nitrogens with one attached hydrogen (secondary N) is 1. The summed E-state index contributed by atoms with van der Waals surface area (Å²) in [7, 11) is 1.56. The van der Waals surface area contributed by atoms with Crippen molar-refractivity contribution in [3.8, 4) is 5.75 Å². The Hall–Kier alpha value is -1.14. The fourth-order valence-electron chi connectivity index (χ4n) is 2.15. The van der Waals surface area contributed by atoms with Crippen LogP contribution in [0.5, 0.6) is 5.75 Å². The van der Waals surface area contributed by atoms with Crippen LogP contribution in [0.4, 0.5) is 4.39 Å². The van der Waals surface area contributed by atoms with Crippen LogP contribution in [0.1, 0.15) is 17.2 Å². The van der Waals surface area contributed by atoms with Crippen molar-refractivity contribution in [1.29, 1.82) is 0 Å². The Morgan fingerprint density at radius 3 is 2.76 bits per heavy atom. The predicted molar refractivity (Wildman–Crippen MR) is 85.9 cm³/mol. The van der Waals surface area contributed by atoms with Crippen molar-refractivity contribution in [1.82, 2.24) is 5.43 Å². The summed E-state index contributed by atoms with van der Waals surface area (Å²) in [6, 6.07) is 9.81. The molecule has 1 unspecified atom stereocenters. The Labute approximate surface area is 136 Å². The average molecular weight is 374 g/mol. The lowest BCUT2D eigenvalue weighted by Gasteiger charge is -2.20. The molecule has 21 heavy (non-hydrogen) atoms. The Bertz CT molecular complexity index is 639. The van der Waals surface area contributed by atoms with Gasteiger partial charge in [0.1, 0.15) is 11.6 Å². The molecule has 0 aliphatic carbocycles. The van der Waals surface area contributed by atoms with Crippen molar-refractivity contribution >= 4 is 27.5 Å². The van der Waals surface area contributed by atoms with Gasteiger partial charge in [-0.05, 0) is 42.3 Å². The SMILES string of the molecule is COc1cc(Cl)ccc1C(Cc1cc(Br)ccc1F)NN. The molecule has 3 nitrogen and oxygen atoms in total. The minimum absolute atomic E-state index is 0.272. The molecule has 3 N–H and O–H groups in total. The quantitative estimate of drug-likeness (QED) is 0.615. The van der Waals surface area contributed by atoms with Gasteiger partial charge in [-0.2, -0.15) is 0 Å². The summed E-state index contributed by atoms with van der Waals surface area (Å²) >= 11 is 9.29. The van der Waals surface area contributed by atoms with Gasteiger partial charge in [0, 0.05) is 15.1 Å². The first-order valence-electron chi connectivity index (χ1n) is 6.28. The molecule has 1 atom stereocenters. The summed E-state index contributed by atoms with van der Waals surface area (Å²) in [6.07, 6.45) is 0.389. The Morgan fingerprint density at radius 1 is 1.33 bits per heavy atom. The molecule has 0 bridgehead atoms. The van der Waals surface area contributed by atoms with Gasteiger partial charge in [-0.3, -0.25) is 11.3 Å². The molecule has 0 aliphatic rings. The van der Waals surface area contributed by atoms with E-state index in [9.17, 15) is 4.39 Å². The molecule has 0 heterocycles. The second-order valence-electron chi connectivity index (χ2n) is 4.55. The summed E-state index contributed by atoms with van der Waals surface area (Å²) in [5.41, 5.74) is 4.09. The van der Waals surface area contributed by atoms with Gasteiger partial charge in [0.2, 0.25) is 0 Å². The molecule has 0 fully saturated rings. The van der Waals surface area contributed by atoms with Crippen molar-refractivity contribution in [2.45, 2.75) is 12.5 Å². The van der Waals surface area contributed by atoms with Gasteiger partial charge in [-0.1, -0.05) is 33.6 Å². The van der Waals surface area contributed by atoms with Crippen LogP contribution < -0.4 is 16.0 Å². The van der Waals surface area contributed by atoms with E-state index >= 15 is 0 Å². The van der Waals surface area contributed by atoms with Crippen LogP contribution in [0, 0.1) is 5.82 Å². The number of benzene rings is 2. The van der Waals surface area contributed by atoms with E-state index in [1.54, 1.807) is 31.4 Å². The number of halogens is 3. The first-order valence-corrected chi connectivity index (χ1v) is 7.45. The van der Waals surface area contributed by atoms with Crippen LogP contribution in [0.25, 0.3) is 0 Å². The number of hydrogen-bond acceptors (Lipinski definition) is 3. The zero-order valence-corrected chi connectivity index (χ0v) is 13.7. The lowest BCUT2D eigenvalue weighted by molar-refractivity contribution is 0.398. The highest BCUT2D eigenvalue weighted by molar-refractivity contribution is 9.10. The predicted octanol–water partition coefficient (Wildman–Crippen LogP) is 4.00. The molecular formula is C15H15BrClFN2O. The van der Waals surface area contributed by atoms with Crippen molar-refractivity contribution in [2.75, 3.05) is 7.11 Å². The third kappa shape index (κ3) is 3.95. The van der Waals surface area contributed by atoms with Gasteiger partial charge in [0.05, 0.1) is 13.2 Å². The summed E-state index contributed by atoms with van der Waals surface area (Å²) in [5.74, 6) is 5.97. The number of hydrazine groups is 1. The summed E-state index contributed by atoms with van der Waals surface area (Å²) in [4.78, 5) is 0. The number of hydrogen-bond donors (Lipinski definition) is 2. The number of nitrogens with two attached hydrogens (primary N) is 1. The molecule has 2 aromatic carbocycles. The van der Waals surface area contributed by atoms with Crippen molar-refractivity contribution < 1.29 is 9.13 Å². The van der Waals surface area contributed by atoms with E-state index < -0.39 is 0 Å². The summed E-state index contributed by atoms with van der Waals surface area (Å²) in [5, 5.41) is 0.569. The molecule has 112 valence electrons. The zero-order valence-electron chi connectivity index (χ0n) is 11.4. The number of rotatable bonds is 5. The molecule has 2 aromatic rings. The smallest absolute Gasteiger partial charge is 0.126 e.